The molecule has 7 nitrogen and oxygen atoms in total. The van der Waals surface area contributed by atoms with E-state index < -0.39 is 11.6 Å². The number of nitrogens with zero attached hydrogens (tertiary/aromatic N) is 4. The summed E-state index contributed by atoms with van der Waals surface area (Å²) in [7, 11) is 0. The number of benzene rings is 2. The largest absolute Gasteiger partial charge is 0.465 e. The van der Waals surface area contributed by atoms with E-state index in [1.54, 1.807) is 0 Å². The Morgan fingerprint density at radius 3 is 2.42 bits per heavy atom. The molecule has 7 rings (SSSR count). The van der Waals surface area contributed by atoms with Crippen molar-refractivity contribution in [3.05, 3.63) is 84.3 Å². The Labute approximate surface area is 207 Å². The molecule has 1 amide bonds. The quantitative estimate of drug-likeness (QED) is 0.319. The van der Waals surface area contributed by atoms with Gasteiger partial charge in [-0.3, -0.25) is 4.40 Å². The van der Waals surface area contributed by atoms with Crippen LogP contribution < -0.4 is 5.32 Å². The van der Waals surface area contributed by atoms with Gasteiger partial charge in [0, 0.05) is 28.6 Å². The first-order chi connectivity index (χ1) is 17.6. The van der Waals surface area contributed by atoms with Crippen LogP contribution in [0.1, 0.15) is 49.4 Å². The summed E-state index contributed by atoms with van der Waals surface area (Å²) in [5.41, 5.74) is 6.22. The zero-order valence-electron chi connectivity index (χ0n) is 19.7. The van der Waals surface area contributed by atoms with Crippen molar-refractivity contribution in [1.29, 1.82) is 0 Å². The standard InChI is InChI=1S/C29H25N5O2/c35-28(36)31-29(14-4-15-29)21-11-9-19(10-12-21)25-22(18-5-2-1-3-6-18)17-23-24(30-25)13-16-34-26(20-7-8-20)32-33-27(23)34/h1-3,5-6,9-13,16-17,20,31H,4,7-8,14-15H2,(H,35,36). The molecule has 0 bridgehead atoms. The molecule has 2 fully saturated rings. The minimum absolute atomic E-state index is 0.484. The van der Waals surface area contributed by atoms with Gasteiger partial charge in [-0.2, -0.15) is 0 Å². The lowest BCUT2D eigenvalue weighted by atomic mass is 9.71. The fourth-order valence-electron chi connectivity index (χ4n) is 5.46. The number of hydrogen-bond acceptors (Lipinski definition) is 4. The molecule has 2 aliphatic carbocycles. The molecule has 3 aromatic heterocycles. The number of nitrogens with one attached hydrogen (secondary N) is 1. The molecule has 2 aliphatic rings. The van der Waals surface area contributed by atoms with Crippen LogP contribution in [-0.4, -0.2) is 30.8 Å². The predicted octanol–water partition coefficient (Wildman–Crippen LogP) is 6.14. The van der Waals surface area contributed by atoms with E-state index in [-0.39, 0.29) is 0 Å². The SMILES string of the molecule is O=C(O)NC1(c2ccc(-c3nc4ccn5c(C6CC6)nnc5c4cc3-c3ccccc3)cc2)CCC1. The lowest BCUT2D eigenvalue weighted by Crippen LogP contribution is -2.50. The van der Waals surface area contributed by atoms with Crippen molar-refractivity contribution < 1.29 is 9.90 Å². The first-order valence-electron chi connectivity index (χ1n) is 12.5. The Balaban J connectivity index is 1.38. The van der Waals surface area contributed by atoms with Crippen LogP contribution in [0.2, 0.25) is 0 Å². The van der Waals surface area contributed by atoms with Crippen molar-refractivity contribution in [2.45, 2.75) is 43.6 Å². The van der Waals surface area contributed by atoms with E-state index in [1.165, 1.54) is 12.8 Å². The molecule has 0 aliphatic heterocycles. The topological polar surface area (TPSA) is 92.4 Å². The summed E-state index contributed by atoms with van der Waals surface area (Å²) in [6.45, 7) is 0. The minimum atomic E-state index is -0.981. The van der Waals surface area contributed by atoms with Crippen molar-refractivity contribution in [1.82, 2.24) is 24.9 Å². The Bertz CT molecular complexity index is 1620. The number of carbonyl (C=O) groups is 1. The lowest BCUT2D eigenvalue weighted by Gasteiger charge is -2.42. The molecule has 7 heteroatoms. The van der Waals surface area contributed by atoms with E-state index in [0.717, 1.165) is 69.6 Å². The lowest BCUT2D eigenvalue weighted by molar-refractivity contribution is 0.144. The molecule has 36 heavy (non-hydrogen) atoms. The molecule has 0 atom stereocenters. The summed E-state index contributed by atoms with van der Waals surface area (Å²) in [6.07, 6.45) is 6.05. The number of aromatic nitrogens is 4. The maximum Gasteiger partial charge on any atom is 0.405 e. The van der Waals surface area contributed by atoms with Gasteiger partial charge < -0.3 is 10.4 Å². The van der Waals surface area contributed by atoms with Crippen molar-refractivity contribution in [2.24, 2.45) is 0 Å². The molecule has 0 spiro atoms. The van der Waals surface area contributed by atoms with Gasteiger partial charge in [0.2, 0.25) is 0 Å². The van der Waals surface area contributed by atoms with Gasteiger partial charge in [-0.1, -0.05) is 54.6 Å². The van der Waals surface area contributed by atoms with Crippen LogP contribution in [0.15, 0.2) is 72.9 Å². The normalized spacial score (nSPS) is 16.7. The van der Waals surface area contributed by atoms with Crippen molar-refractivity contribution >= 4 is 22.6 Å². The van der Waals surface area contributed by atoms with Crippen LogP contribution in [-0.2, 0) is 5.54 Å². The molecule has 178 valence electrons. The van der Waals surface area contributed by atoms with Crippen LogP contribution in [0, 0.1) is 0 Å². The smallest absolute Gasteiger partial charge is 0.405 e. The van der Waals surface area contributed by atoms with Crippen LogP contribution in [0.3, 0.4) is 0 Å². The zero-order valence-corrected chi connectivity index (χ0v) is 19.7. The number of fused-ring (bicyclic) bond motifs is 3. The highest BCUT2D eigenvalue weighted by atomic mass is 16.4. The van der Waals surface area contributed by atoms with E-state index >= 15 is 0 Å². The van der Waals surface area contributed by atoms with Gasteiger partial charge in [0.25, 0.3) is 0 Å². The molecular formula is C29H25N5O2. The fraction of sp³-hybridized carbons (Fsp3) is 0.241. The highest BCUT2D eigenvalue weighted by Crippen LogP contribution is 2.43. The van der Waals surface area contributed by atoms with Gasteiger partial charge in [-0.15, -0.1) is 10.2 Å². The summed E-state index contributed by atoms with van der Waals surface area (Å²) in [5, 5.41) is 22.1. The first-order valence-corrected chi connectivity index (χ1v) is 12.5. The molecule has 0 unspecified atom stereocenters. The van der Waals surface area contributed by atoms with E-state index in [4.69, 9.17) is 4.98 Å². The van der Waals surface area contributed by atoms with Gasteiger partial charge in [0.15, 0.2) is 5.65 Å². The summed E-state index contributed by atoms with van der Waals surface area (Å²) in [5.74, 6) is 1.54. The van der Waals surface area contributed by atoms with Crippen molar-refractivity contribution in [3.8, 4) is 22.4 Å². The number of amides is 1. The van der Waals surface area contributed by atoms with E-state index in [0.29, 0.717) is 5.92 Å². The second-order valence-electron chi connectivity index (χ2n) is 9.97. The van der Waals surface area contributed by atoms with Gasteiger partial charge in [-0.25, -0.2) is 9.78 Å². The molecule has 2 aromatic carbocycles. The van der Waals surface area contributed by atoms with Crippen molar-refractivity contribution in [3.63, 3.8) is 0 Å². The van der Waals surface area contributed by atoms with E-state index in [9.17, 15) is 9.90 Å². The number of rotatable bonds is 5. The Kier molecular flexibility index (Phi) is 4.61. The number of carboxylic acid groups (broad SMARTS) is 1. The molecule has 2 saturated carbocycles. The highest BCUT2D eigenvalue weighted by molar-refractivity contribution is 5.98. The minimum Gasteiger partial charge on any atom is -0.465 e. The van der Waals surface area contributed by atoms with Crippen LogP contribution >= 0.6 is 0 Å². The van der Waals surface area contributed by atoms with E-state index in [1.807, 2.05) is 42.6 Å². The number of pyridine rings is 2. The molecule has 3 heterocycles. The Morgan fingerprint density at radius 1 is 0.972 bits per heavy atom. The van der Waals surface area contributed by atoms with Gasteiger partial charge in [0.05, 0.1) is 16.7 Å². The third-order valence-corrected chi connectivity index (χ3v) is 7.69. The summed E-state index contributed by atoms with van der Waals surface area (Å²) in [6, 6.07) is 22.7. The summed E-state index contributed by atoms with van der Waals surface area (Å²) < 4.78 is 2.11. The van der Waals surface area contributed by atoms with Crippen LogP contribution in [0.5, 0.6) is 0 Å². The van der Waals surface area contributed by atoms with Crippen LogP contribution in [0.4, 0.5) is 4.79 Å². The number of hydrogen-bond donors (Lipinski definition) is 2. The maximum atomic E-state index is 11.4. The average molecular weight is 476 g/mol. The van der Waals surface area contributed by atoms with Gasteiger partial charge in [-0.05, 0) is 55.4 Å². The molecule has 0 saturated heterocycles. The second kappa shape index (κ2) is 7.88. The highest BCUT2D eigenvalue weighted by Gasteiger charge is 2.40. The third-order valence-electron chi connectivity index (χ3n) is 7.69. The Hall–Kier alpha value is -4.26. The van der Waals surface area contributed by atoms with Crippen LogP contribution in [0.25, 0.3) is 38.9 Å². The van der Waals surface area contributed by atoms with Gasteiger partial charge in [0.1, 0.15) is 5.82 Å². The maximum absolute atomic E-state index is 11.4. The average Bonchev–Trinajstić information content (AvgIpc) is 3.64. The summed E-state index contributed by atoms with van der Waals surface area (Å²) in [4.78, 5) is 16.5. The fourth-order valence-corrected chi connectivity index (χ4v) is 5.46. The predicted molar refractivity (Wildman–Crippen MR) is 138 cm³/mol. The second-order valence-corrected chi connectivity index (χ2v) is 9.97. The van der Waals surface area contributed by atoms with E-state index in [2.05, 4.69) is 50.2 Å². The monoisotopic (exact) mass is 475 g/mol. The van der Waals surface area contributed by atoms with Crippen molar-refractivity contribution in [2.75, 3.05) is 0 Å². The third kappa shape index (κ3) is 3.34. The molecule has 5 aromatic rings. The Morgan fingerprint density at radius 2 is 1.75 bits per heavy atom. The van der Waals surface area contributed by atoms with Gasteiger partial charge >= 0.3 is 6.09 Å². The zero-order chi connectivity index (χ0) is 24.3. The summed E-state index contributed by atoms with van der Waals surface area (Å²) >= 11 is 0. The molecule has 0 radical (unpaired) electrons. The first kappa shape index (κ1) is 21.1. The molecular weight excluding hydrogens is 450 g/mol. The molecule has 2 N–H and O–H groups in total.